The number of hydrogen-bond acceptors (Lipinski definition) is 0. The van der Waals surface area contributed by atoms with Gasteiger partial charge in [0.25, 0.3) is 0 Å². The minimum atomic E-state index is 1.15. The Kier molecular flexibility index (Phi) is 1.17. The zero-order chi connectivity index (χ0) is 6.81. The molecule has 2 aliphatic rings. The highest BCUT2D eigenvalue weighted by atomic mass is 14.0. The molecular formula is C10H6. The first kappa shape index (κ1) is 5.48. The van der Waals surface area contributed by atoms with Gasteiger partial charge in [-0.2, -0.15) is 0 Å². The van der Waals surface area contributed by atoms with Gasteiger partial charge in [-0.1, -0.05) is 30.3 Å². The molecular weight excluding hydrogens is 120 g/mol. The van der Waals surface area contributed by atoms with E-state index in [2.05, 4.69) is 12.1 Å². The first-order valence-corrected chi connectivity index (χ1v) is 3.23. The summed E-state index contributed by atoms with van der Waals surface area (Å²) in [5, 5.41) is 0. The summed E-state index contributed by atoms with van der Waals surface area (Å²) in [6.45, 7) is 0. The van der Waals surface area contributed by atoms with Crippen molar-refractivity contribution in [2.45, 2.75) is 0 Å². The van der Waals surface area contributed by atoms with Crippen LogP contribution < -0.4 is 0 Å². The van der Waals surface area contributed by atoms with Gasteiger partial charge in [-0.15, -0.1) is 0 Å². The molecule has 2 radical (unpaired) electrons. The van der Waals surface area contributed by atoms with Crippen molar-refractivity contribution in [2.75, 3.05) is 0 Å². The molecule has 46 valence electrons. The Morgan fingerprint density at radius 2 is 2.10 bits per heavy atom. The van der Waals surface area contributed by atoms with Gasteiger partial charge in [0.15, 0.2) is 0 Å². The highest BCUT2D eigenvalue weighted by molar-refractivity contribution is 5.64. The largest absolute Gasteiger partial charge is 0.0610 e. The minimum absolute atomic E-state index is 1.15. The zero-order valence-corrected chi connectivity index (χ0v) is 5.46. The average molecular weight is 126 g/mol. The van der Waals surface area contributed by atoms with Gasteiger partial charge in [-0.05, 0) is 29.3 Å². The molecule has 2 aliphatic carbocycles. The molecule has 0 bridgehead atoms. The molecule has 0 aliphatic heterocycles. The van der Waals surface area contributed by atoms with E-state index < -0.39 is 0 Å². The molecule has 0 unspecified atom stereocenters. The SMILES string of the molecule is [c]1cccc2[c]ccc-2c1. The molecule has 0 N–H and O–H groups in total. The summed E-state index contributed by atoms with van der Waals surface area (Å²) in [5.41, 5.74) is 2.35. The van der Waals surface area contributed by atoms with Crippen molar-refractivity contribution in [3.05, 3.63) is 48.5 Å². The third-order valence-electron chi connectivity index (χ3n) is 1.51. The average Bonchev–Trinajstić information content (AvgIpc) is 2.28. The van der Waals surface area contributed by atoms with Crippen molar-refractivity contribution in [1.82, 2.24) is 0 Å². The highest BCUT2D eigenvalue weighted by Crippen LogP contribution is 2.18. The van der Waals surface area contributed by atoms with Gasteiger partial charge >= 0.3 is 0 Å². The van der Waals surface area contributed by atoms with E-state index in [9.17, 15) is 0 Å². The van der Waals surface area contributed by atoms with Crippen LogP contribution in [-0.4, -0.2) is 0 Å². The Morgan fingerprint density at radius 1 is 1.10 bits per heavy atom. The van der Waals surface area contributed by atoms with Crippen LogP contribution in [-0.2, 0) is 0 Å². The molecule has 0 saturated carbocycles. The van der Waals surface area contributed by atoms with E-state index in [0.717, 1.165) is 5.56 Å². The lowest BCUT2D eigenvalue weighted by Gasteiger charge is -1.85. The maximum atomic E-state index is 3.12. The van der Waals surface area contributed by atoms with Gasteiger partial charge in [0.2, 0.25) is 0 Å². The maximum Gasteiger partial charge on any atom is -0.00990 e. The molecule has 0 atom stereocenters. The Morgan fingerprint density at radius 3 is 3.10 bits per heavy atom. The van der Waals surface area contributed by atoms with E-state index >= 15 is 0 Å². The van der Waals surface area contributed by atoms with Crippen LogP contribution in [0.4, 0.5) is 0 Å². The van der Waals surface area contributed by atoms with E-state index in [4.69, 9.17) is 0 Å². The second-order valence-corrected chi connectivity index (χ2v) is 2.18. The van der Waals surface area contributed by atoms with Crippen molar-refractivity contribution >= 4 is 0 Å². The number of hydrogen-bond donors (Lipinski definition) is 0. The topological polar surface area (TPSA) is 0 Å². The fourth-order valence-corrected chi connectivity index (χ4v) is 1.00. The molecule has 0 amide bonds. The third-order valence-corrected chi connectivity index (χ3v) is 1.51. The van der Waals surface area contributed by atoms with E-state index in [1.165, 1.54) is 5.56 Å². The first-order chi connectivity index (χ1) is 4.97. The number of rotatable bonds is 0. The quantitative estimate of drug-likeness (QED) is 0.508. The fraction of sp³-hybridized carbons (Fsp3) is 0. The summed E-state index contributed by atoms with van der Waals surface area (Å²) in [5.74, 6) is 0. The zero-order valence-electron chi connectivity index (χ0n) is 5.46. The standard InChI is InChI=1S/C10H6/c1-2-5-9-7-4-8-10(9)6-3-1/h1-2,4-6,8H. The van der Waals surface area contributed by atoms with Gasteiger partial charge in [0.05, 0.1) is 0 Å². The monoisotopic (exact) mass is 126 g/mol. The third kappa shape index (κ3) is 0.781. The summed E-state index contributed by atoms with van der Waals surface area (Å²) >= 11 is 0. The lowest BCUT2D eigenvalue weighted by molar-refractivity contribution is 1.83. The summed E-state index contributed by atoms with van der Waals surface area (Å²) in [7, 11) is 0. The van der Waals surface area contributed by atoms with Gasteiger partial charge in [-0.3, -0.25) is 0 Å². The smallest absolute Gasteiger partial charge is 0.00990 e. The van der Waals surface area contributed by atoms with Crippen molar-refractivity contribution in [1.29, 1.82) is 0 Å². The van der Waals surface area contributed by atoms with Gasteiger partial charge in [-0.25, -0.2) is 0 Å². The molecule has 0 aromatic rings. The molecule has 0 heterocycles. The molecule has 0 aromatic heterocycles. The molecule has 0 heteroatoms. The van der Waals surface area contributed by atoms with Crippen molar-refractivity contribution < 1.29 is 0 Å². The molecule has 0 aromatic carbocycles. The van der Waals surface area contributed by atoms with Crippen LogP contribution in [0.5, 0.6) is 0 Å². The predicted molar refractivity (Wildman–Crippen MR) is 40.7 cm³/mol. The Bertz CT molecular complexity index is 271. The Labute approximate surface area is 60.5 Å². The fourth-order valence-electron chi connectivity index (χ4n) is 1.00. The normalized spacial score (nSPS) is 10.0. The second kappa shape index (κ2) is 2.14. The Hall–Kier alpha value is -1.30. The van der Waals surface area contributed by atoms with E-state index in [1.807, 2.05) is 36.4 Å². The van der Waals surface area contributed by atoms with Crippen molar-refractivity contribution in [3.8, 4) is 11.1 Å². The predicted octanol–water partition coefficient (Wildman–Crippen LogP) is 2.39. The number of fused-ring (bicyclic) bond motifs is 1. The van der Waals surface area contributed by atoms with Crippen LogP contribution in [0.2, 0.25) is 0 Å². The minimum Gasteiger partial charge on any atom is -0.0610 e. The maximum absolute atomic E-state index is 3.12. The van der Waals surface area contributed by atoms with Gasteiger partial charge in [0, 0.05) is 0 Å². The van der Waals surface area contributed by atoms with E-state index in [0.29, 0.717) is 0 Å². The molecule has 0 spiro atoms. The molecule has 2 rings (SSSR count). The molecule has 10 heavy (non-hydrogen) atoms. The van der Waals surface area contributed by atoms with Gasteiger partial charge < -0.3 is 0 Å². The highest BCUT2D eigenvalue weighted by Gasteiger charge is 1.95. The van der Waals surface area contributed by atoms with Crippen LogP contribution in [0.1, 0.15) is 0 Å². The van der Waals surface area contributed by atoms with Crippen molar-refractivity contribution in [3.63, 3.8) is 0 Å². The summed E-state index contributed by atoms with van der Waals surface area (Å²) < 4.78 is 0. The molecule has 0 nitrogen and oxygen atoms in total. The lowest BCUT2D eigenvalue weighted by Crippen LogP contribution is -1.60. The van der Waals surface area contributed by atoms with Crippen molar-refractivity contribution in [2.24, 2.45) is 0 Å². The summed E-state index contributed by atoms with van der Waals surface area (Å²) in [4.78, 5) is 0. The summed E-state index contributed by atoms with van der Waals surface area (Å²) in [6.07, 6.45) is 0. The van der Waals surface area contributed by atoms with Crippen LogP contribution in [0, 0.1) is 12.1 Å². The second-order valence-electron chi connectivity index (χ2n) is 2.18. The molecule has 0 saturated heterocycles. The lowest BCUT2D eigenvalue weighted by atomic mass is 10.2. The van der Waals surface area contributed by atoms with Gasteiger partial charge in [0.1, 0.15) is 0 Å². The van der Waals surface area contributed by atoms with Crippen LogP contribution in [0.3, 0.4) is 0 Å². The molecule has 0 fully saturated rings. The van der Waals surface area contributed by atoms with E-state index in [-0.39, 0.29) is 0 Å². The first-order valence-electron chi connectivity index (χ1n) is 3.23. The summed E-state index contributed by atoms with van der Waals surface area (Å²) in [6, 6.07) is 18.0. The van der Waals surface area contributed by atoms with Crippen LogP contribution in [0.15, 0.2) is 36.4 Å². The van der Waals surface area contributed by atoms with Crippen LogP contribution in [0.25, 0.3) is 11.1 Å². The van der Waals surface area contributed by atoms with Crippen LogP contribution >= 0.6 is 0 Å². The Balaban J connectivity index is 2.74. The van der Waals surface area contributed by atoms with E-state index in [1.54, 1.807) is 0 Å².